The van der Waals surface area contributed by atoms with Gasteiger partial charge in [-0.05, 0) is 70.2 Å². The molecule has 1 amide bonds. The fourth-order valence-electron chi connectivity index (χ4n) is 4.10. The van der Waals surface area contributed by atoms with E-state index in [9.17, 15) is 9.18 Å². The first-order valence-corrected chi connectivity index (χ1v) is 12.0. The fraction of sp³-hybridized carbons (Fsp3) is 0.520. The van der Waals surface area contributed by atoms with Gasteiger partial charge in [0.05, 0.1) is 11.6 Å². The Balaban J connectivity index is 1.40. The van der Waals surface area contributed by atoms with Gasteiger partial charge in [0.25, 0.3) is 5.91 Å². The number of nitrogens with zero attached hydrogens (tertiary/aromatic N) is 3. The molecule has 3 rings (SSSR count). The van der Waals surface area contributed by atoms with Crippen molar-refractivity contribution in [2.24, 2.45) is 0 Å². The summed E-state index contributed by atoms with van der Waals surface area (Å²) >= 11 is 5.78. The Morgan fingerprint density at radius 3 is 2.58 bits per heavy atom. The number of aromatic nitrogens is 1. The Labute approximate surface area is 199 Å². The van der Waals surface area contributed by atoms with E-state index in [-0.39, 0.29) is 10.9 Å². The summed E-state index contributed by atoms with van der Waals surface area (Å²) in [6.07, 6.45) is 2.46. The zero-order valence-corrected chi connectivity index (χ0v) is 20.1. The van der Waals surface area contributed by atoms with Crippen molar-refractivity contribution in [3.63, 3.8) is 0 Å². The highest BCUT2D eigenvalue weighted by molar-refractivity contribution is 6.31. The number of ether oxygens (including phenoxy) is 1. The number of halogens is 3. The molecule has 0 saturated carbocycles. The Morgan fingerprint density at radius 1 is 1.18 bits per heavy atom. The molecule has 1 aromatic heterocycles. The number of benzene rings is 1. The van der Waals surface area contributed by atoms with Gasteiger partial charge < -0.3 is 14.5 Å². The number of carbonyl (C=O) groups excluding carboxylic acids is 1. The maximum Gasteiger partial charge on any atom is 0.253 e. The summed E-state index contributed by atoms with van der Waals surface area (Å²) in [5, 5.41) is -0.0881. The summed E-state index contributed by atoms with van der Waals surface area (Å²) in [4.78, 5) is 20.9. The van der Waals surface area contributed by atoms with Gasteiger partial charge in [-0.2, -0.15) is 4.98 Å². The maximum atomic E-state index is 15.2. The van der Waals surface area contributed by atoms with Gasteiger partial charge >= 0.3 is 0 Å². The average molecular weight is 480 g/mol. The lowest BCUT2D eigenvalue weighted by Gasteiger charge is -2.36. The molecule has 0 N–H and O–H groups in total. The molecule has 5 nitrogen and oxygen atoms in total. The molecule has 1 aliphatic rings. The standard InChI is InChI=1S/C25H32ClF2N3O2/c1-3-30(4-2)22-8-7-9-23(29-22)33-17-6-5-12-25(28)13-15-31(16-14-25)24(32)19-10-11-21(27)20(26)18-19/h7-11,18H,3-6,12-17H2,1-2H3. The summed E-state index contributed by atoms with van der Waals surface area (Å²) in [6.45, 7) is 7.10. The highest BCUT2D eigenvalue weighted by Crippen LogP contribution is 2.32. The van der Waals surface area contributed by atoms with Crippen molar-refractivity contribution >= 4 is 23.3 Å². The van der Waals surface area contributed by atoms with Crippen LogP contribution in [0.5, 0.6) is 5.88 Å². The molecule has 0 radical (unpaired) electrons. The van der Waals surface area contributed by atoms with Crippen LogP contribution in [0.4, 0.5) is 14.6 Å². The largest absolute Gasteiger partial charge is 0.478 e. The summed E-state index contributed by atoms with van der Waals surface area (Å²) in [7, 11) is 0. The van der Waals surface area contributed by atoms with Crippen molar-refractivity contribution in [1.29, 1.82) is 0 Å². The van der Waals surface area contributed by atoms with Crippen LogP contribution in [-0.2, 0) is 0 Å². The van der Waals surface area contributed by atoms with E-state index >= 15 is 4.39 Å². The molecule has 0 bridgehead atoms. The molecule has 180 valence electrons. The Hall–Kier alpha value is -2.41. The van der Waals surface area contributed by atoms with E-state index in [0.717, 1.165) is 25.3 Å². The summed E-state index contributed by atoms with van der Waals surface area (Å²) in [5.74, 6) is 0.671. The van der Waals surface area contributed by atoms with Gasteiger partial charge in [0.2, 0.25) is 5.88 Å². The van der Waals surface area contributed by atoms with Crippen LogP contribution in [0.2, 0.25) is 5.02 Å². The molecule has 0 spiro atoms. The highest BCUT2D eigenvalue weighted by atomic mass is 35.5. The molecule has 33 heavy (non-hydrogen) atoms. The van der Waals surface area contributed by atoms with Gasteiger partial charge in [0.15, 0.2) is 0 Å². The predicted octanol–water partition coefficient (Wildman–Crippen LogP) is 5.91. The van der Waals surface area contributed by atoms with Crippen LogP contribution in [0.15, 0.2) is 36.4 Å². The number of hydrogen-bond donors (Lipinski definition) is 0. The van der Waals surface area contributed by atoms with E-state index < -0.39 is 11.5 Å². The monoisotopic (exact) mass is 479 g/mol. The van der Waals surface area contributed by atoms with Gasteiger partial charge in [-0.1, -0.05) is 17.7 Å². The minimum atomic E-state index is -1.28. The van der Waals surface area contributed by atoms with Crippen LogP contribution in [0.3, 0.4) is 0 Å². The van der Waals surface area contributed by atoms with E-state index in [2.05, 4.69) is 23.7 Å². The molecular formula is C25H32ClF2N3O2. The third kappa shape index (κ3) is 6.79. The zero-order valence-electron chi connectivity index (χ0n) is 19.3. The number of anilines is 1. The second-order valence-electron chi connectivity index (χ2n) is 8.38. The number of alkyl halides is 1. The molecule has 0 aliphatic carbocycles. The van der Waals surface area contributed by atoms with Gasteiger partial charge in [-0.15, -0.1) is 0 Å². The second-order valence-corrected chi connectivity index (χ2v) is 8.79. The van der Waals surface area contributed by atoms with Crippen LogP contribution in [0.25, 0.3) is 0 Å². The number of carbonyl (C=O) groups is 1. The number of likely N-dealkylation sites (tertiary alicyclic amines) is 1. The molecule has 1 saturated heterocycles. The van der Waals surface area contributed by atoms with Gasteiger partial charge in [0.1, 0.15) is 17.3 Å². The number of piperidine rings is 1. The molecule has 2 heterocycles. The quantitative estimate of drug-likeness (QED) is 0.397. The molecule has 1 aromatic carbocycles. The third-order valence-corrected chi connectivity index (χ3v) is 6.47. The van der Waals surface area contributed by atoms with Crippen LogP contribution in [0.1, 0.15) is 56.3 Å². The molecule has 1 aliphatic heterocycles. The van der Waals surface area contributed by atoms with Crippen molar-refractivity contribution in [2.75, 3.05) is 37.7 Å². The Kier molecular flexibility index (Phi) is 8.89. The summed E-state index contributed by atoms with van der Waals surface area (Å²) in [5.41, 5.74) is -0.957. The average Bonchev–Trinajstić information content (AvgIpc) is 2.82. The number of hydrogen-bond acceptors (Lipinski definition) is 4. The Bertz CT molecular complexity index is 932. The van der Waals surface area contributed by atoms with E-state index in [4.69, 9.17) is 16.3 Å². The summed E-state index contributed by atoms with van der Waals surface area (Å²) in [6, 6.07) is 9.65. The van der Waals surface area contributed by atoms with Crippen molar-refractivity contribution < 1.29 is 18.3 Å². The first kappa shape index (κ1) is 25.2. The first-order valence-electron chi connectivity index (χ1n) is 11.6. The molecule has 1 fully saturated rings. The predicted molar refractivity (Wildman–Crippen MR) is 128 cm³/mol. The van der Waals surface area contributed by atoms with Crippen molar-refractivity contribution in [1.82, 2.24) is 9.88 Å². The van der Waals surface area contributed by atoms with E-state index in [1.165, 1.54) is 18.2 Å². The number of pyridine rings is 1. The van der Waals surface area contributed by atoms with Crippen LogP contribution >= 0.6 is 11.6 Å². The Morgan fingerprint density at radius 2 is 1.91 bits per heavy atom. The number of unbranched alkanes of at least 4 members (excludes halogenated alkanes) is 1. The maximum absolute atomic E-state index is 15.2. The van der Waals surface area contributed by atoms with E-state index in [1.54, 1.807) is 4.90 Å². The minimum Gasteiger partial charge on any atom is -0.478 e. The lowest BCUT2D eigenvalue weighted by molar-refractivity contribution is 0.0382. The van der Waals surface area contributed by atoms with Crippen molar-refractivity contribution in [2.45, 2.75) is 51.6 Å². The molecule has 8 heteroatoms. The smallest absolute Gasteiger partial charge is 0.253 e. The van der Waals surface area contributed by atoms with Crippen molar-refractivity contribution in [3.8, 4) is 5.88 Å². The van der Waals surface area contributed by atoms with Crippen molar-refractivity contribution in [3.05, 3.63) is 52.8 Å². The van der Waals surface area contributed by atoms with E-state index in [1.807, 2.05) is 18.2 Å². The lowest BCUT2D eigenvalue weighted by Crippen LogP contribution is -2.44. The van der Waals surface area contributed by atoms with Crippen LogP contribution in [0, 0.1) is 5.82 Å². The minimum absolute atomic E-state index is 0.0881. The first-order chi connectivity index (χ1) is 15.8. The number of amides is 1. The van der Waals surface area contributed by atoms with E-state index in [0.29, 0.717) is 56.8 Å². The molecule has 0 atom stereocenters. The van der Waals surface area contributed by atoms with Crippen LogP contribution < -0.4 is 9.64 Å². The molecular weight excluding hydrogens is 448 g/mol. The zero-order chi connectivity index (χ0) is 23.8. The lowest BCUT2D eigenvalue weighted by atomic mass is 9.88. The second kappa shape index (κ2) is 11.6. The normalized spacial score (nSPS) is 15.4. The van der Waals surface area contributed by atoms with Gasteiger partial charge in [-0.25, -0.2) is 8.78 Å². The van der Waals surface area contributed by atoms with Gasteiger partial charge in [0, 0.05) is 37.8 Å². The van der Waals surface area contributed by atoms with Gasteiger partial charge in [-0.3, -0.25) is 4.79 Å². The fourth-order valence-corrected chi connectivity index (χ4v) is 4.28. The van der Waals surface area contributed by atoms with Crippen LogP contribution in [-0.4, -0.2) is 54.2 Å². The number of rotatable bonds is 10. The topological polar surface area (TPSA) is 45.7 Å². The third-order valence-electron chi connectivity index (χ3n) is 6.18. The SMILES string of the molecule is CCN(CC)c1cccc(OCCCCC2(F)CCN(C(=O)c3ccc(F)c(Cl)c3)CC2)n1. The molecule has 0 unspecified atom stereocenters. The summed E-state index contributed by atoms with van der Waals surface area (Å²) < 4.78 is 34.3. The highest BCUT2D eigenvalue weighted by Gasteiger charge is 2.35. The molecule has 2 aromatic rings.